The van der Waals surface area contributed by atoms with Crippen molar-refractivity contribution >= 4 is 0 Å². The van der Waals surface area contributed by atoms with E-state index in [2.05, 4.69) is 43.0 Å². The van der Waals surface area contributed by atoms with Crippen LogP contribution in [0.25, 0.3) is 0 Å². The Morgan fingerprint density at radius 2 is 0.697 bits per heavy atom. The molecule has 1 atom stereocenters. The zero-order chi connectivity index (χ0) is 23.8. The van der Waals surface area contributed by atoms with Crippen LogP contribution in [0.3, 0.4) is 0 Å². The molecule has 1 heterocycles. The van der Waals surface area contributed by atoms with Crippen molar-refractivity contribution in [1.29, 1.82) is 0 Å². The Kier molecular flexibility index (Phi) is 21.3. The Balaban J connectivity index is 2.00. The van der Waals surface area contributed by atoms with Crippen LogP contribution in [0.15, 0.2) is 12.4 Å². The summed E-state index contributed by atoms with van der Waals surface area (Å²) in [5.41, 5.74) is 0. The topological polar surface area (TPSA) is 6.48 Å². The zero-order valence-electron chi connectivity index (χ0n) is 23.3. The Labute approximate surface area is 210 Å². The molecule has 33 heavy (non-hydrogen) atoms. The third-order valence-corrected chi connectivity index (χ3v) is 7.57. The van der Waals surface area contributed by atoms with Crippen LogP contribution in [-0.4, -0.2) is 29.1 Å². The highest BCUT2D eigenvalue weighted by molar-refractivity contribution is 4.96. The summed E-state index contributed by atoms with van der Waals surface area (Å²) in [6, 6.07) is 0. The van der Waals surface area contributed by atoms with E-state index in [1.54, 1.807) is 0 Å². The highest BCUT2D eigenvalue weighted by Crippen LogP contribution is 2.23. The molecule has 0 saturated carbocycles. The third kappa shape index (κ3) is 16.6. The first-order valence-electron chi connectivity index (χ1n) is 15.5. The summed E-state index contributed by atoms with van der Waals surface area (Å²) in [6.07, 6.45) is 38.1. The normalized spacial score (nSPS) is 15.8. The minimum atomic E-state index is 0.641. The van der Waals surface area contributed by atoms with E-state index >= 15 is 0 Å². The van der Waals surface area contributed by atoms with E-state index in [4.69, 9.17) is 0 Å². The van der Waals surface area contributed by atoms with Crippen LogP contribution >= 0.6 is 0 Å². The molecule has 0 aromatic rings. The molecule has 0 radical (unpaired) electrons. The van der Waals surface area contributed by atoms with Crippen molar-refractivity contribution in [3.63, 3.8) is 0 Å². The molecular formula is C31H62N2. The molecule has 1 aliphatic rings. The summed E-state index contributed by atoms with van der Waals surface area (Å²) in [5, 5.41) is 0. The largest absolute Gasteiger partial charge is 0.356 e. The molecule has 1 rings (SSSR count). The number of nitrogens with zero attached hydrogens (tertiary/aromatic N) is 2. The van der Waals surface area contributed by atoms with Gasteiger partial charge in [0, 0.05) is 25.5 Å². The van der Waals surface area contributed by atoms with Crippen LogP contribution in [0.1, 0.15) is 168 Å². The van der Waals surface area contributed by atoms with Gasteiger partial charge in [-0.2, -0.15) is 0 Å². The van der Waals surface area contributed by atoms with Gasteiger partial charge in [0.25, 0.3) is 0 Å². The van der Waals surface area contributed by atoms with E-state index in [-0.39, 0.29) is 0 Å². The molecule has 2 nitrogen and oxygen atoms in total. The van der Waals surface area contributed by atoms with Crippen LogP contribution in [0.4, 0.5) is 0 Å². The Morgan fingerprint density at radius 3 is 1.03 bits per heavy atom. The SMILES string of the molecule is CCCCCCCCCCCCCCCCCN1C=CN(CCCCCCC)C1CCCC. The number of hydrogen-bond acceptors (Lipinski definition) is 2. The summed E-state index contributed by atoms with van der Waals surface area (Å²) in [4.78, 5) is 5.30. The summed E-state index contributed by atoms with van der Waals surface area (Å²) in [7, 11) is 0. The molecule has 0 N–H and O–H groups in total. The minimum Gasteiger partial charge on any atom is -0.356 e. The molecule has 0 bridgehead atoms. The summed E-state index contributed by atoms with van der Waals surface area (Å²) < 4.78 is 0. The highest BCUT2D eigenvalue weighted by Gasteiger charge is 2.24. The van der Waals surface area contributed by atoms with E-state index in [0.29, 0.717) is 6.17 Å². The van der Waals surface area contributed by atoms with Crippen LogP contribution in [0.2, 0.25) is 0 Å². The van der Waals surface area contributed by atoms with Gasteiger partial charge in [0.15, 0.2) is 0 Å². The summed E-state index contributed by atoms with van der Waals surface area (Å²) in [6.45, 7) is 9.45. The maximum atomic E-state index is 2.66. The van der Waals surface area contributed by atoms with Gasteiger partial charge in [-0.05, 0) is 25.7 Å². The smallest absolute Gasteiger partial charge is 0.101 e. The summed E-state index contributed by atoms with van der Waals surface area (Å²) in [5.74, 6) is 0. The molecule has 196 valence electrons. The molecule has 0 saturated heterocycles. The zero-order valence-corrected chi connectivity index (χ0v) is 23.3. The van der Waals surface area contributed by atoms with E-state index in [1.807, 2.05) is 0 Å². The van der Waals surface area contributed by atoms with E-state index < -0.39 is 0 Å². The van der Waals surface area contributed by atoms with E-state index in [0.717, 1.165) is 0 Å². The minimum absolute atomic E-state index is 0.641. The van der Waals surface area contributed by atoms with Crippen LogP contribution < -0.4 is 0 Å². The molecule has 1 unspecified atom stereocenters. The Hall–Kier alpha value is -0.660. The molecule has 0 aliphatic carbocycles. The highest BCUT2D eigenvalue weighted by atomic mass is 15.4. The molecule has 0 amide bonds. The average Bonchev–Trinajstić information content (AvgIpc) is 3.21. The molecule has 0 spiro atoms. The van der Waals surface area contributed by atoms with Crippen molar-refractivity contribution < 1.29 is 0 Å². The fraction of sp³-hybridized carbons (Fsp3) is 0.935. The maximum absolute atomic E-state index is 2.66. The first-order valence-corrected chi connectivity index (χ1v) is 15.5. The van der Waals surface area contributed by atoms with Crippen molar-refractivity contribution in [2.45, 2.75) is 175 Å². The predicted molar refractivity (Wildman–Crippen MR) is 150 cm³/mol. The summed E-state index contributed by atoms with van der Waals surface area (Å²) >= 11 is 0. The number of rotatable bonds is 25. The van der Waals surface area contributed by atoms with E-state index in [9.17, 15) is 0 Å². The van der Waals surface area contributed by atoms with Gasteiger partial charge < -0.3 is 9.80 Å². The monoisotopic (exact) mass is 462 g/mol. The third-order valence-electron chi connectivity index (χ3n) is 7.57. The number of hydrogen-bond donors (Lipinski definition) is 0. The molecule has 0 aromatic heterocycles. The molecule has 0 aromatic carbocycles. The standard InChI is InChI=1S/C31H62N2/c1-4-7-10-12-13-14-15-16-17-18-19-20-21-23-25-28-33-30-29-32(31(33)26-9-6-3)27-24-22-11-8-5-2/h29-31H,4-28H2,1-3H3. The van der Waals surface area contributed by atoms with Gasteiger partial charge in [0.2, 0.25) is 0 Å². The van der Waals surface area contributed by atoms with Gasteiger partial charge in [0.05, 0.1) is 0 Å². The molecule has 0 fully saturated rings. The second kappa shape index (κ2) is 23.1. The average molecular weight is 463 g/mol. The van der Waals surface area contributed by atoms with Gasteiger partial charge >= 0.3 is 0 Å². The quantitative estimate of drug-likeness (QED) is 0.124. The van der Waals surface area contributed by atoms with Crippen molar-refractivity contribution in [3.05, 3.63) is 12.4 Å². The fourth-order valence-electron chi connectivity index (χ4n) is 5.29. The van der Waals surface area contributed by atoms with Gasteiger partial charge in [-0.15, -0.1) is 0 Å². The van der Waals surface area contributed by atoms with Gasteiger partial charge in [-0.3, -0.25) is 0 Å². The lowest BCUT2D eigenvalue weighted by molar-refractivity contribution is 0.136. The maximum Gasteiger partial charge on any atom is 0.101 e. The van der Waals surface area contributed by atoms with Gasteiger partial charge in [-0.25, -0.2) is 0 Å². The second-order valence-corrected chi connectivity index (χ2v) is 10.8. The first-order chi connectivity index (χ1) is 16.3. The van der Waals surface area contributed by atoms with Crippen molar-refractivity contribution in [2.24, 2.45) is 0 Å². The lowest BCUT2D eigenvalue weighted by atomic mass is 10.0. The molecule has 1 aliphatic heterocycles. The first kappa shape index (κ1) is 30.4. The lowest BCUT2D eigenvalue weighted by Crippen LogP contribution is -2.39. The molecule has 2 heteroatoms. The fourth-order valence-corrected chi connectivity index (χ4v) is 5.29. The van der Waals surface area contributed by atoms with Crippen LogP contribution in [-0.2, 0) is 0 Å². The van der Waals surface area contributed by atoms with Gasteiger partial charge in [0.1, 0.15) is 6.17 Å². The van der Waals surface area contributed by atoms with Crippen molar-refractivity contribution in [1.82, 2.24) is 9.80 Å². The second-order valence-electron chi connectivity index (χ2n) is 10.8. The predicted octanol–water partition coefficient (Wildman–Crippen LogP) is 10.4. The van der Waals surface area contributed by atoms with Crippen LogP contribution in [0.5, 0.6) is 0 Å². The lowest BCUT2D eigenvalue weighted by Gasteiger charge is -2.33. The van der Waals surface area contributed by atoms with Crippen molar-refractivity contribution in [2.75, 3.05) is 13.1 Å². The van der Waals surface area contributed by atoms with Crippen molar-refractivity contribution in [3.8, 4) is 0 Å². The van der Waals surface area contributed by atoms with E-state index in [1.165, 1.54) is 161 Å². The Bertz CT molecular complexity index is 419. The molecular weight excluding hydrogens is 400 g/mol. The van der Waals surface area contributed by atoms with Gasteiger partial charge in [-0.1, -0.05) is 143 Å². The Morgan fingerprint density at radius 1 is 0.394 bits per heavy atom. The number of unbranched alkanes of at least 4 members (excludes halogenated alkanes) is 19. The van der Waals surface area contributed by atoms with Crippen LogP contribution in [0, 0.1) is 0 Å².